The summed E-state index contributed by atoms with van der Waals surface area (Å²) in [4.78, 5) is 15.7. The Bertz CT molecular complexity index is 1910. The third-order valence-electron chi connectivity index (χ3n) is 6.07. The number of nitriles is 3. The summed E-state index contributed by atoms with van der Waals surface area (Å²) in [5, 5.41) is 27.4. The van der Waals surface area contributed by atoms with E-state index >= 15 is 0 Å². The van der Waals surface area contributed by atoms with Gasteiger partial charge in [0, 0.05) is 62.0 Å². The SMILES string of the molecule is C/N=C\C(C#N)=C\c1ccc(-c2ccc(-c3sc(-c4ccc(-c5ccc(C=C(C#N)C#N)s5)s4)c(C)c3C)s2)s1. The van der Waals surface area contributed by atoms with Crippen LogP contribution in [-0.4, -0.2) is 13.3 Å². The standard InChI is InChI=1S/C31H20N4S5/c1-18-19(2)31(29-11-9-27(39-29)25-7-5-23(37-25)13-21(16-34)17-35-3)40-30(18)28-10-8-26(38-28)24-6-4-22(36-24)12-20(14-32)15-33/h4-13,17H,1-3H3/b21-13+,35-17-. The van der Waals surface area contributed by atoms with Crippen LogP contribution in [0.4, 0.5) is 0 Å². The Morgan fingerprint density at radius 1 is 0.600 bits per heavy atom. The van der Waals surface area contributed by atoms with Crippen molar-refractivity contribution in [3.63, 3.8) is 0 Å². The van der Waals surface area contributed by atoms with Gasteiger partial charge in [-0.25, -0.2) is 0 Å². The van der Waals surface area contributed by atoms with E-state index in [1.807, 2.05) is 47.8 Å². The summed E-state index contributed by atoms with van der Waals surface area (Å²) in [7, 11) is 1.67. The van der Waals surface area contributed by atoms with Gasteiger partial charge in [0.05, 0.1) is 5.57 Å². The lowest BCUT2D eigenvalue weighted by molar-refractivity contribution is 1.41. The van der Waals surface area contributed by atoms with Crippen molar-refractivity contribution in [1.82, 2.24) is 0 Å². The molecule has 0 unspecified atom stereocenters. The number of nitrogens with zero attached hydrogens (tertiary/aromatic N) is 4. The van der Waals surface area contributed by atoms with Gasteiger partial charge < -0.3 is 0 Å². The maximum atomic E-state index is 9.29. The molecule has 0 aliphatic heterocycles. The molecule has 0 fully saturated rings. The zero-order valence-electron chi connectivity index (χ0n) is 21.7. The van der Waals surface area contributed by atoms with Crippen LogP contribution in [0.25, 0.3) is 51.2 Å². The van der Waals surface area contributed by atoms with E-state index in [0.29, 0.717) is 5.57 Å². The average Bonchev–Trinajstić information content (AvgIpc) is 3.79. The van der Waals surface area contributed by atoms with E-state index in [9.17, 15) is 5.26 Å². The third kappa shape index (κ3) is 5.69. The van der Waals surface area contributed by atoms with Crippen molar-refractivity contribution in [2.24, 2.45) is 4.99 Å². The van der Waals surface area contributed by atoms with Crippen molar-refractivity contribution in [1.29, 1.82) is 15.8 Å². The predicted octanol–water partition coefficient (Wildman–Crippen LogP) is 10.3. The summed E-state index contributed by atoms with van der Waals surface area (Å²) in [6.07, 6.45) is 5.08. The minimum absolute atomic E-state index is 0.112. The molecule has 0 saturated heterocycles. The lowest BCUT2D eigenvalue weighted by Gasteiger charge is -1.96. The molecule has 0 N–H and O–H groups in total. The van der Waals surface area contributed by atoms with Gasteiger partial charge in [0.2, 0.25) is 0 Å². The third-order valence-corrected chi connectivity index (χ3v) is 12.4. The molecule has 5 heterocycles. The molecule has 9 heteroatoms. The Morgan fingerprint density at radius 3 is 1.52 bits per heavy atom. The van der Waals surface area contributed by atoms with Gasteiger partial charge in [0.1, 0.15) is 23.8 Å². The molecule has 0 atom stereocenters. The largest absolute Gasteiger partial charge is 0.295 e. The first-order chi connectivity index (χ1) is 19.4. The number of allylic oxidation sites excluding steroid dienone is 2. The second kappa shape index (κ2) is 12.1. The topological polar surface area (TPSA) is 83.7 Å². The van der Waals surface area contributed by atoms with Gasteiger partial charge in [-0.3, -0.25) is 4.99 Å². The number of rotatable bonds is 7. The highest BCUT2D eigenvalue weighted by atomic mass is 32.1. The van der Waals surface area contributed by atoms with Crippen LogP contribution in [0.15, 0.2) is 64.7 Å². The highest BCUT2D eigenvalue weighted by Gasteiger charge is 2.18. The summed E-state index contributed by atoms with van der Waals surface area (Å²) in [5.74, 6) is 0. The molecular formula is C31H20N4S5. The molecule has 40 heavy (non-hydrogen) atoms. The van der Waals surface area contributed by atoms with Gasteiger partial charge in [0.15, 0.2) is 0 Å². The maximum absolute atomic E-state index is 9.29. The van der Waals surface area contributed by atoms with Crippen LogP contribution in [0.5, 0.6) is 0 Å². The molecule has 4 nitrogen and oxygen atoms in total. The van der Waals surface area contributed by atoms with Crippen LogP contribution < -0.4 is 0 Å². The van der Waals surface area contributed by atoms with Crippen LogP contribution in [0.3, 0.4) is 0 Å². The molecule has 0 saturated carbocycles. The molecule has 0 spiro atoms. The van der Waals surface area contributed by atoms with E-state index in [4.69, 9.17) is 10.5 Å². The van der Waals surface area contributed by atoms with E-state index < -0.39 is 0 Å². The number of hydrogen-bond acceptors (Lipinski definition) is 9. The quantitative estimate of drug-likeness (QED) is 0.136. The van der Waals surface area contributed by atoms with E-state index in [-0.39, 0.29) is 5.57 Å². The highest BCUT2D eigenvalue weighted by Crippen LogP contribution is 2.48. The van der Waals surface area contributed by atoms with Gasteiger partial charge in [-0.15, -0.1) is 56.7 Å². The summed E-state index contributed by atoms with van der Waals surface area (Å²) in [6.45, 7) is 4.40. The number of thiophene rings is 5. The smallest absolute Gasteiger partial charge is 0.131 e. The molecule has 5 aromatic heterocycles. The van der Waals surface area contributed by atoms with E-state index in [0.717, 1.165) is 14.6 Å². The van der Waals surface area contributed by atoms with Crippen molar-refractivity contribution in [2.75, 3.05) is 7.05 Å². The fourth-order valence-electron chi connectivity index (χ4n) is 4.00. The Kier molecular flexibility index (Phi) is 8.38. The van der Waals surface area contributed by atoms with Crippen LogP contribution >= 0.6 is 56.7 Å². The molecule has 0 aromatic carbocycles. The summed E-state index contributed by atoms with van der Waals surface area (Å²) in [6, 6.07) is 22.9. The van der Waals surface area contributed by atoms with E-state index in [1.54, 1.807) is 64.7 Å². The molecule has 194 valence electrons. The summed E-state index contributed by atoms with van der Waals surface area (Å²) < 4.78 is 0. The van der Waals surface area contributed by atoms with Crippen LogP contribution in [0.1, 0.15) is 20.9 Å². The van der Waals surface area contributed by atoms with Crippen molar-refractivity contribution >= 4 is 75.1 Å². The fourth-order valence-corrected chi connectivity index (χ4v) is 9.75. The molecular weight excluding hydrogens is 589 g/mol. The van der Waals surface area contributed by atoms with Crippen molar-refractivity contribution < 1.29 is 0 Å². The second-order valence-corrected chi connectivity index (χ2v) is 14.0. The first kappa shape index (κ1) is 27.7. The molecule has 5 rings (SSSR count). The predicted molar refractivity (Wildman–Crippen MR) is 174 cm³/mol. The van der Waals surface area contributed by atoms with Crippen LogP contribution in [0.2, 0.25) is 0 Å². The van der Waals surface area contributed by atoms with Gasteiger partial charge in [-0.1, -0.05) is 0 Å². The normalized spacial score (nSPS) is 11.3. The minimum Gasteiger partial charge on any atom is -0.295 e. The number of hydrogen-bond donors (Lipinski definition) is 0. The van der Waals surface area contributed by atoms with Crippen LogP contribution in [-0.2, 0) is 0 Å². The Morgan fingerprint density at radius 2 is 1.05 bits per heavy atom. The second-order valence-electron chi connectivity index (χ2n) is 8.62. The number of aliphatic imine (C=N–C) groups is 1. The maximum Gasteiger partial charge on any atom is 0.131 e. The van der Waals surface area contributed by atoms with E-state index in [2.05, 4.69) is 55.2 Å². The van der Waals surface area contributed by atoms with E-state index in [1.165, 1.54) is 45.3 Å². The lowest BCUT2D eigenvalue weighted by atomic mass is 10.1. The zero-order valence-corrected chi connectivity index (χ0v) is 25.8. The zero-order chi connectivity index (χ0) is 28.2. The first-order valence-electron chi connectivity index (χ1n) is 12.0. The molecule has 0 amide bonds. The monoisotopic (exact) mass is 608 g/mol. The van der Waals surface area contributed by atoms with Crippen LogP contribution in [0, 0.1) is 47.8 Å². The van der Waals surface area contributed by atoms with Crippen molar-refractivity contribution in [2.45, 2.75) is 13.8 Å². The molecule has 0 bridgehead atoms. The molecule has 0 aliphatic rings. The molecule has 0 aliphatic carbocycles. The Balaban J connectivity index is 1.40. The molecule has 0 radical (unpaired) electrons. The summed E-state index contributed by atoms with van der Waals surface area (Å²) in [5.41, 5.74) is 3.26. The highest BCUT2D eigenvalue weighted by molar-refractivity contribution is 7.30. The lowest BCUT2D eigenvalue weighted by Crippen LogP contribution is -1.78. The molecule has 5 aromatic rings. The summed E-state index contributed by atoms with van der Waals surface area (Å²) >= 11 is 8.66. The van der Waals surface area contributed by atoms with Crippen molar-refractivity contribution in [3.05, 3.63) is 80.6 Å². The first-order valence-corrected chi connectivity index (χ1v) is 16.1. The van der Waals surface area contributed by atoms with Gasteiger partial charge in [-0.05, 0) is 85.7 Å². The van der Waals surface area contributed by atoms with Gasteiger partial charge in [-0.2, -0.15) is 15.8 Å². The fraction of sp³-hybridized carbons (Fsp3) is 0.0968. The Hall–Kier alpha value is -3.88. The van der Waals surface area contributed by atoms with Gasteiger partial charge in [0.25, 0.3) is 0 Å². The van der Waals surface area contributed by atoms with Gasteiger partial charge >= 0.3 is 0 Å². The van der Waals surface area contributed by atoms with Crippen molar-refractivity contribution in [3.8, 4) is 57.2 Å². The minimum atomic E-state index is 0.112. The Labute approximate surface area is 253 Å². The average molecular weight is 609 g/mol.